The first-order valence-electron chi connectivity index (χ1n) is 9.83. The Morgan fingerprint density at radius 3 is 2.84 bits per heavy atom. The highest BCUT2D eigenvalue weighted by atomic mass is 19.1. The first-order chi connectivity index (χ1) is 14.9. The Balaban J connectivity index is 2.00. The lowest BCUT2D eigenvalue weighted by molar-refractivity contribution is 0.226. The molecule has 1 atom stereocenters. The Labute approximate surface area is 178 Å². The summed E-state index contributed by atoms with van der Waals surface area (Å²) in [6.45, 7) is 4.15. The smallest absolute Gasteiger partial charge is 0.233 e. The molecule has 0 spiro atoms. The number of aromatic nitrogens is 3. The molecule has 1 aliphatic rings. The normalized spacial score (nSPS) is 18.6. The van der Waals surface area contributed by atoms with E-state index in [1.807, 2.05) is 6.92 Å². The van der Waals surface area contributed by atoms with Gasteiger partial charge in [0.2, 0.25) is 5.95 Å². The van der Waals surface area contributed by atoms with Crippen molar-refractivity contribution in [3.05, 3.63) is 76.9 Å². The summed E-state index contributed by atoms with van der Waals surface area (Å²) in [5.41, 5.74) is 15.4. The Morgan fingerprint density at radius 2 is 2.10 bits per heavy atom. The van der Waals surface area contributed by atoms with E-state index in [2.05, 4.69) is 15.1 Å². The Hall–Kier alpha value is -3.75. The van der Waals surface area contributed by atoms with Crippen molar-refractivity contribution in [3.8, 4) is 11.4 Å². The number of ether oxygens (including phenoxy) is 1. The number of fused-ring (bicyclic) bond motifs is 5. The highest BCUT2D eigenvalue weighted by Gasteiger charge is 2.23. The molecule has 1 aliphatic heterocycles. The summed E-state index contributed by atoms with van der Waals surface area (Å²) < 4.78 is 35.9. The van der Waals surface area contributed by atoms with E-state index in [1.165, 1.54) is 35.1 Å². The summed E-state index contributed by atoms with van der Waals surface area (Å²) in [4.78, 5) is 8.82. The van der Waals surface area contributed by atoms with Crippen LogP contribution in [0.1, 0.15) is 36.8 Å². The van der Waals surface area contributed by atoms with Gasteiger partial charge in [0.05, 0.1) is 17.1 Å². The topological polar surface area (TPSA) is 104 Å². The van der Waals surface area contributed by atoms with Gasteiger partial charge in [0.15, 0.2) is 11.6 Å². The number of nitrogens with zero attached hydrogens (tertiary/aromatic N) is 4. The number of hydrogen-bond donors (Lipinski definition) is 2. The molecule has 31 heavy (non-hydrogen) atoms. The number of aliphatic imine (C=N–C) groups is 1. The van der Waals surface area contributed by atoms with Gasteiger partial charge in [-0.3, -0.25) is 4.99 Å². The standard InChI is InChI=1S/C22H22F2N6O/c1-3-27-21-13(10-25)6-16-9-20(24)29-30(16)18-5-4-15(23)8-17(18)12(2)31-19-7-14(21)11-28-22(19)26/h4-5,7-12H,3,6,25H2,1-2H3,(H2,26,28)/t12-/m1/s1. The van der Waals surface area contributed by atoms with Crippen molar-refractivity contribution in [2.75, 3.05) is 12.3 Å². The van der Waals surface area contributed by atoms with Crippen LogP contribution in [-0.2, 0) is 6.42 Å². The van der Waals surface area contributed by atoms with Crippen LogP contribution in [0.3, 0.4) is 0 Å². The highest BCUT2D eigenvalue weighted by molar-refractivity contribution is 6.13. The maximum Gasteiger partial charge on any atom is 0.233 e. The van der Waals surface area contributed by atoms with E-state index >= 15 is 0 Å². The predicted molar refractivity (Wildman–Crippen MR) is 114 cm³/mol. The molecule has 160 valence electrons. The van der Waals surface area contributed by atoms with Crippen LogP contribution < -0.4 is 16.2 Å². The number of pyridine rings is 1. The van der Waals surface area contributed by atoms with Crippen molar-refractivity contribution in [2.24, 2.45) is 10.7 Å². The summed E-state index contributed by atoms with van der Waals surface area (Å²) in [5.74, 6) is -0.598. The molecule has 0 saturated heterocycles. The zero-order valence-electron chi connectivity index (χ0n) is 17.1. The van der Waals surface area contributed by atoms with E-state index in [4.69, 9.17) is 16.2 Å². The Morgan fingerprint density at radius 1 is 1.29 bits per heavy atom. The van der Waals surface area contributed by atoms with E-state index < -0.39 is 17.9 Å². The average Bonchev–Trinajstić information content (AvgIpc) is 3.11. The van der Waals surface area contributed by atoms with Gasteiger partial charge in [-0.1, -0.05) is 0 Å². The van der Waals surface area contributed by atoms with E-state index in [1.54, 1.807) is 19.2 Å². The first kappa shape index (κ1) is 20.5. The lowest BCUT2D eigenvalue weighted by Gasteiger charge is -2.22. The molecule has 9 heteroatoms. The summed E-state index contributed by atoms with van der Waals surface area (Å²) in [7, 11) is 0. The molecule has 2 bridgehead atoms. The summed E-state index contributed by atoms with van der Waals surface area (Å²) >= 11 is 0. The minimum atomic E-state index is -0.662. The number of allylic oxidation sites excluding steroid dienone is 1. The number of nitrogens with two attached hydrogens (primary N) is 2. The molecule has 0 saturated carbocycles. The second-order valence-electron chi connectivity index (χ2n) is 7.13. The fourth-order valence-corrected chi connectivity index (χ4v) is 3.65. The van der Waals surface area contributed by atoms with Gasteiger partial charge in [-0.25, -0.2) is 14.1 Å². The molecule has 7 nitrogen and oxygen atoms in total. The van der Waals surface area contributed by atoms with Gasteiger partial charge in [0.25, 0.3) is 0 Å². The lowest BCUT2D eigenvalue weighted by Crippen LogP contribution is -2.17. The molecule has 0 radical (unpaired) electrons. The molecule has 0 amide bonds. The minimum absolute atomic E-state index is 0.186. The maximum absolute atomic E-state index is 14.3. The van der Waals surface area contributed by atoms with Gasteiger partial charge < -0.3 is 16.2 Å². The largest absolute Gasteiger partial charge is 0.482 e. The summed E-state index contributed by atoms with van der Waals surface area (Å²) in [5, 5.41) is 4.00. The van der Waals surface area contributed by atoms with Gasteiger partial charge in [0.1, 0.15) is 11.9 Å². The molecule has 3 aromatic rings. The molecule has 4 rings (SSSR count). The molecule has 2 aromatic heterocycles. The third kappa shape index (κ3) is 3.86. The number of nitrogen functional groups attached to an aromatic ring is 1. The van der Waals surface area contributed by atoms with Gasteiger partial charge in [-0.05, 0) is 49.9 Å². The number of anilines is 1. The number of halogens is 2. The fraction of sp³-hybridized carbons (Fsp3) is 0.227. The van der Waals surface area contributed by atoms with Crippen LogP contribution in [0.25, 0.3) is 5.69 Å². The van der Waals surface area contributed by atoms with Crippen molar-refractivity contribution in [2.45, 2.75) is 26.4 Å². The molecule has 0 unspecified atom stereocenters. The predicted octanol–water partition coefficient (Wildman–Crippen LogP) is 3.48. The van der Waals surface area contributed by atoms with Gasteiger partial charge in [-0.15, -0.1) is 5.10 Å². The second kappa shape index (κ2) is 8.17. The first-order valence-corrected chi connectivity index (χ1v) is 9.83. The number of hydrogen-bond acceptors (Lipinski definition) is 6. The van der Waals surface area contributed by atoms with Crippen molar-refractivity contribution in [3.63, 3.8) is 0 Å². The van der Waals surface area contributed by atoms with Gasteiger partial charge in [0, 0.05) is 36.4 Å². The van der Waals surface area contributed by atoms with E-state index in [9.17, 15) is 8.78 Å². The molecule has 1 aromatic carbocycles. The maximum atomic E-state index is 14.3. The van der Waals surface area contributed by atoms with Gasteiger partial charge in [-0.2, -0.15) is 4.39 Å². The summed E-state index contributed by atoms with van der Waals surface area (Å²) in [6.07, 6.45) is 2.64. The van der Waals surface area contributed by atoms with Crippen molar-refractivity contribution in [1.29, 1.82) is 0 Å². The third-order valence-corrected chi connectivity index (χ3v) is 5.06. The van der Waals surface area contributed by atoms with Crippen LogP contribution in [0.4, 0.5) is 14.6 Å². The molecule has 4 N–H and O–H groups in total. The van der Waals surface area contributed by atoms with Crippen LogP contribution in [0, 0.1) is 11.8 Å². The van der Waals surface area contributed by atoms with E-state index in [-0.39, 0.29) is 12.2 Å². The molecular formula is C22H22F2N6O. The molecule has 0 aliphatic carbocycles. The monoisotopic (exact) mass is 424 g/mol. The van der Waals surface area contributed by atoms with Crippen LogP contribution >= 0.6 is 0 Å². The van der Waals surface area contributed by atoms with Crippen LogP contribution in [-0.4, -0.2) is 27.0 Å². The molecule has 3 heterocycles. The van der Waals surface area contributed by atoms with E-state index in [0.717, 1.165) is 0 Å². The van der Waals surface area contributed by atoms with Gasteiger partial charge >= 0.3 is 0 Å². The third-order valence-electron chi connectivity index (χ3n) is 5.06. The second-order valence-corrected chi connectivity index (χ2v) is 7.13. The highest BCUT2D eigenvalue weighted by Crippen LogP contribution is 2.32. The van der Waals surface area contributed by atoms with Crippen LogP contribution in [0.2, 0.25) is 0 Å². The van der Waals surface area contributed by atoms with Crippen molar-refractivity contribution < 1.29 is 13.5 Å². The number of rotatable bonds is 1. The van der Waals surface area contributed by atoms with Crippen LogP contribution in [0.5, 0.6) is 5.75 Å². The zero-order chi connectivity index (χ0) is 22.1. The van der Waals surface area contributed by atoms with Crippen molar-refractivity contribution in [1.82, 2.24) is 14.8 Å². The number of benzene rings is 1. The van der Waals surface area contributed by atoms with Crippen molar-refractivity contribution >= 4 is 11.5 Å². The fourth-order valence-electron chi connectivity index (χ4n) is 3.65. The SMILES string of the molecule is CCN=C1C(=CN)Cc2cc(F)nn2-c2ccc(F)cc2[C@@H](C)Oc2cc1cnc2N. The average molecular weight is 424 g/mol. The minimum Gasteiger partial charge on any atom is -0.482 e. The molecule has 0 fully saturated rings. The Kier molecular flexibility index (Phi) is 5.41. The lowest BCUT2D eigenvalue weighted by atomic mass is 9.99. The molecular weight excluding hydrogens is 402 g/mol. The zero-order valence-corrected chi connectivity index (χ0v) is 17.1. The Bertz CT molecular complexity index is 1200. The quantitative estimate of drug-likeness (QED) is 0.622. The van der Waals surface area contributed by atoms with Crippen LogP contribution in [0.15, 0.2) is 53.3 Å². The summed E-state index contributed by atoms with van der Waals surface area (Å²) in [6, 6.07) is 7.23. The van der Waals surface area contributed by atoms with E-state index in [0.29, 0.717) is 46.1 Å².